The number of aromatic nitrogens is 2. The molecular formula is C15H19FN4O. The molecule has 0 radical (unpaired) electrons. The van der Waals surface area contributed by atoms with Crippen LogP contribution in [0.5, 0.6) is 0 Å². The normalized spacial score (nSPS) is 10.3. The molecule has 0 atom stereocenters. The maximum atomic E-state index is 12.7. The van der Waals surface area contributed by atoms with Crippen molar-refractivity contribution >= 4 is 6.03 Å². The zero-order valence-electron chi connectivity index (χ0n) is 11.8. The van der Waals surface area contributed by atoms with Gasteiger partial charge in [-0.2, -0.15) is 5.10 Å². The molecule has 1 aromatic carbocycles. The Labute approximate surface area is 123 Å². The van der Waals surface area contributed by atoms with Gasteiger partial charge in [0.1, 0.15) is 5.82 Å². The van der Waals surface area contributed by atoms with Gasteiger partial charge in [-0.15, -0.1) is 0 Å². The molecule has 2 amide bonds. The zero-order chi connectivity index (χ0) is 14.9. The largest absolute Gasteiger partial charge is 0.338 e. The number of nitrogens with one attached hydrogen (secondary N) is 2. The maximum absolute atomic E-state index is 12.7. The minimum atomic E-state index is -0.248. The summed E-state index contributed by atoms with van der Waals surface area (Å²) < 4.78 is 14.6. The highest BCUT2D eigenvalue weighted by Gasteiger charge is 2.00. The van der Waals surface area contributed by atoms with E-state index in [0.717, 1.165) is 18.5 Å². The van der Waals surface area contributed by atoms with Crippen LogP contribution in [0.25, 0.3) is 0 Å². The Balaban J connectivity index is 1.54. The van der Waals surface area contributed by atoms with Gasteiger partial charge >= 0.3 is 6.03 Å². The third kappa shape index (κ3) is 5.64. The number of carbonyl (C=O) groups is 1. The van der Waals surface area contributed by atoms with Crippen molar-refractivity contribution in [3.8, 4) is 0 Å². The number of hydrogen-bond donors (Lipinski definition) is 2. The van der Waals surface area contributed by atoms with Crippen LogP contribution in [0.15, 0.2) is 42.7 Å². The van der Waals surface area contributed by atoms with E-state index in [-0.39, 0.29) is 11.8 Å². The second-order valence-corrected chi connectivity index (χ2v) is 4.68. The lowest BCUT2D eigenvalue weighted by Crippen LogP contribution is -2.37. The number of amides is 2. The quantitative estimate of drug-likeness (QED) is 0.766. The fraction of sp³-hybridized carbons (Fsp3) is 0.333. The van der Waals surface area contributed by atoms with Gasteiger partial charge in [0, 0.05) is 32.0 Å². The molecule has 5 nitrogen and oxygen atoms in total. The van der Waals surface area contributed by atoms with Crippen molar-refractivity contribution in [3.63, 3.8) is 0 Å². The van der Waals surface area contributed by atoms with E-state index in [9.17, 15) is 9.18 Å². The van der Waals surface area contributed by atoms with Crippen LogP contribution in [-0.4, -0.2) is 28.9 Å². The van der Waals surface area contributed by atoms with Crippen LogP contribution in [0.2, 0.25) is 0 Å². The number of rotatable bonds is 7. The Kier molecular flexibility index (Phi) is 5.75. The van der Waals surface area contributed by atoms with Gasteiger partial charge in [-0.05, 0) is 36.6 Å². The van der Waals surface area contributed by atoms with Crippen molar-refractivity contribution in [2.75, 3.05) is 13.1 Å². The number of carbonyl (C=O) groups excluding carboxylic acids is 1. The Morgan fingerprint density at radius 1 is 1.19 bits per heavy atom. The highest BCUT2D eigenvalue weighted by atomic mass is 19.1. The summed E-state index contributed by atoms with van der Waals surface area (Å²) in [4.78, 5) is 11.5. The number of halogens is 1. The molecule has 2 rings (SSSR count). The van der Waals surface area contributed by atoms with Crippen LogP contribution in [0.1, 0.15) is 12.0 Å². The number of nitrogens with zero attached hydrogens (tertiary/aromatic N) is 2. The number of urea groups is 1. The van der Waals surface area contributed by atoms with Crippen LogP contribution >= 0.6 is 0 Å². The van der Waals surface area contributed by atoms with Gasteiger partial charge < -0.3 is 10.6 Å². The molecule has 0 fully saturated rings. The summed E-state index contributed by atoms with van der Waals surface area (Å²) in [6.45, 7) is 1.90. The molecule has 1 heterocycles. The second-order valence-electron chi connectivity index (χ2n) is 4.68. The van der Waals surface area contributed by atoms with E-state index in [1.165, 1.54) is 12.1 Å². The first-order chi connectivity index (χ1) is 10.2. The highest BCUT2D eigenvalue weighted by molar-refractivity contribution is 5.73. The minimum Gasteiger partial charge on any atom is -0.338 e. The third-order valence-corrected chi connectivity index (χ3v) is 3.02. The summed E-state index contributed by atoms with van der Waals surface area (Å²) in [6.07, 6.45) is 5.13. The molecule has 0 aliphatic heterocycles. The Morgan fingerprint density at radius 3 is 2.67 bits per heavy atom. The molecule has 0 unspecified atom stereocenters. The van der Waals surface area contributed by atoms with Crippen molar-refractivity contribution in [2.24, 2.45) is 0 Å². The smallest absolute Gasteiger partial charge is 0.314 e. The number of hydrogen-bond acceptors (Lipinski definition) is 2. The molecule has 0 aliphatic carbocycles. The van der Waals surface area contributed by atoms with Crippen LogP contribution < -0.4 is 10.6 Å². The molecule has 0 spiro atoms. The summed E-state index contributed by atoms with van der Waals surface area (Å²) in [6, 6.07) is 7.97. The van der Waals surface area contributed by atoms with Gasteiger partial charge in [0.25, 0.3) is 0 Å². The van der Waals surface area contributed by atoms with E-state index in [4.69, 9.17) is 0 Å². The van der Waals surface area contributed by atoms with Gasteiger partial charge in [0.2, 0.25) is 0 Å². The van der Waals surface area contributed by atoms with Crippen LogP contribution in [0.4, 0.5) is 9.18 Å². The van der Waals surface area contributed by atoms with Crippen molar-refractivity contribution in [2.45, 2.75) is 19.4 Å². The fourth-order valence-electron chi connectivity index (χ4n) is 1.91. The highest BCUT2D eigenvalue weighted by Crippen LogP contribution is 2.02. The average Bonchev–Trinajstić information content (AvgIpc) is 2.99. The molecule has 2 aromatic rings. The van der Waals surface area contributed by atoms with Crippen molar-refractivity contribution in [3.05, 3.63) is 54.1 Å². The van der Waals surface area contributed by atoms with Gasteiger partial charge in [-0.3, -0.25) is 4.68 Å². The standard InChI is InChI=1S/C15H19FN4O/c16-14-5-3-13(4-6-14)7-10-18-15(21)17-8-1-11-20-12-2-9-19-20/h2-6,9,12H,1,7-8,10-11H2,(H2,17,18,21). The first-order valence-corrected chi connectivity index (χ1v) is 6.97. The average molecular weight is 290 g/mol. The molecule has 0 aliphatic rings. The number of aryl methyl sites for hydroxylation is 1. The topological polar surface area (TPSA) is 59.0 Å². The fourth-order valence-corrected chi connectivity index (χ4v) is 1.91. The first kappa shape index (κ1) is 15.0. The molecule has 0 saturated heterocycles. The van der Waals surface area contributed by atoms with Crippen LogP contribution in [-0.2, 0) is 13.0 Å². The first-order valence-electron chi connectivity index (χ1n) is 6.97. The molecule has 0 saturated carbocycles. The maximum Gasteiger partial charge on any atom is 0.314 e. The van der Waals surface area contributed by atoms with Crippen molar-refractivity contribution < 1.29 is 9.18 Å². The predicted octanol–water partition coefficient (Wildman–Crippen LogP) is 1.95. The minimum absolute atomic E-state index is 0.183. The van der Waals surface area contributed by atoms with Gasteiger partial charge in [-0.25, -0.2) is 9.18 Å². The lowest BCUT2D eigenvalue weighted by Gasteiger charge is -2.08. The Bertz CT molecular complexity index is 539. The molecule has 1 aromatic heterocycles. The predicted molar refractivity (Wildman–Crippen MR) is 78.3 cm³/mol. The summed E-state index contributed by atoms with van der Waals surface area (Å²) in [5.74, 6) is -0.248. The Hall–Kier alpha value is -2.37. The molecule has 112 valence electrons. The van der Waals surface area contributed by atoms with Crippen LogP contribution in [0.3, 0.4) is 0 Å². The van der Waals surface area contributed by atoms with E-state index < -0.39 is 0 Å². The van der Waals surface area contributed by atoms with Gasteiger partial charge in [0.15, 0.2) is 0 Å². The van der Waals surface area contributed by atoms with Gasteiger partial charge in [-0.1, -0.05) is 12.1 Å². The molecule has 21 heavy (non-hydrogen) atoms. The monoisotopic (exact) mass is 290 g/mol. The molecular weight excluding hydrogens is 271 g/mol. The van der Waals surface area contributed by atoms with E-state index in [1.54, 1.807) is 18.3 Å². The molecule has 2 N–H and O–H groups in total. The summed E-state index contributed by atoms with van der Waals surface area (Å²) in [5, 5.41) is 9.65. The van der Waals surface area contributed by atoms with Crippen molar-refractivity contribution in [1.29, 1.82) is 0 Å². The van der Waals surface area contributed by atoms with E-state index in [0.29, 0.717) is 19.5 Å². The zero-order valence-corrected chi connectivity index (χ0v) is 11.8. The Morgan fingerprint density at radius 2 is 1.95 bits per heavy atom. The van der Waals surface area contributed by atoms with E-state index in [2.05, 4.69) is 15.7 Å². The molecule has 0 bridgehead atoms. The van der Waals surface area contributed by atoms with Crippen LogP contribution in [0, 0.1) is 5.82 Å². The molecule has 6 heteroatoms. The van der Waals surface area contributed by atoms with E-state index >= 15 is 0 Å². The summed E-state index contributed by atoms with van der Waals surface area (Å²) in [7, 11) is 0. The van der Waals surface area contributed by atoms with E-state index in [1.807, 2.05) is 16.9 Å². The lowest BCUT2D eigenvalue weighted by atomic mass is 10.1. The third-order valence-electron chi connectivity index (χ3n) is 3.02. The second kappa shape index (κ2) is 8.04. The number of benzene rings is 1. The lowest BCUT2D eigenvalue weighted by molar-refractivity contribution is 0.240. The van der Waals surface area contributed by atoms with Crippen molar-refractivity contribution in [1.82, 2.24) is 20.4 Å². The summed E-state index contributed by atoms with van der Waals surface area (Å²) >= 11 is 0. The SMILES string of the molecule is O=C(NCCCn1cccn1)NCCc1ccc(F)cc1. The van der Waals surface area contributed by atoms with Gasteiger partial charge in [0.05, 0.1) is 0 Å². The summed E-state index contributed by atoms with van der Waals surface area (Å²) in [5.41, 5.74) is 0.996.